The monoisotopic (exact) mass is 306 g/mol. The van der Waals surface area contributed by atoms with Crippen LogP contribution in [-0.2, 0) is 6.42 Å². The molecular formula is C9H12Br2N2. The zero-order valence-corrected chi connectivity index (χ0v) is 10.8. The molecule has 0 spiro atoms. The molecule has 0 amide bonds. The van der Waals surface area contributed by atoms with Gasteiger partial charge in [-0.3, -0.25) is 0 Å². The lowest BCUT2D eigenvalue weighted by atomic mass is 10.1. The van der Waals surface area contributed by atoms with Gasteiger partial charge >= 0.3 is 0 Å². The summed E-state index contributed by atoms with van der Waals surface area (Å²) < 4.78 is 0.986. The zero-order chi connectivity index (χ0) is 9.84. The van der Waals surface area contributed by atoms with Crippen molar-refractivity contribution in [1.82, 2.24) is 9.97 Å². The molecule has 4 heteroatoms. The summed E-state index contributed by atoms with van der Waals surface area (Å²) >= 11 is 7.06. The molecule has 2 nitrogen and oxygen atoms in total. The first kappa shape index (κ1) is 11.1. The minimum Gasteiger partial charge on any atom is -0.244 e. The van der Waals surface area contributed by atoms with Crippen LogP contribution in [0.15, 0.2) is 17.0 Å². The molecular weight excluding hydrogens is 296 g/mol. The van der Waals surface area contributed by atoms with Gasteiger partial charge in [-0.2, -0.15) is 0 Å². The van der Waals surface area contributed by atoms with Gasteiger partial charge in [0.15, 0.2) is 0 Å². The SMILES string of the molecule is CC(C)C(Br)Cc1ncncc1Br. The molecule has 1 aromatic rings. The van der Waals surface area contributed by atoms with E-state index >= 15 is 0 Å². The van der Waals surface area contributed by atoms with E-state index in [4.69, 9.17) is 0 Å². The Labute approximate surface area is 95.4 Å². The fourth-order valence-electron chi connectivity index (χ4n) is 0.909. The number of rotatable bonds is 3. The van der Waals surface area contributed by atoms with Crippen LogP contribution < -0.4 is 0 Å². The predicted octanol–water partition coefficient (Wildman–Crippen LogP) is 3.20. The van der Waals surface area contributed by atoms with E-state index in [1.807, 2.05) is 0 Å². The van der Waals surface area contributed by atoms with Crippen molar-refractivity contribution in [3.8, 4) is 0 Å². The Morgan fingerprint density at radius 2 is 2.15 bits per heavy atom. The van der Waals surface area contributed by atoms with E-state index in [0.717, 1.165) is 16.6 Å². The number of alkyl halides is 1. The summed E-state index contributed by atoms with van der Waals surface area (Å²) in [5, 5.41) is 0. The first-order valence-electron chi connectivity index (χ1n) is 4.19. The highest BCUT2D eigenvalue weighted by molar-refractivity contribution is 9.10. The van der Waals surface area contributed by atoms with Gasteiger partial charge in [-0.1, -0.05) is 29.8 Å². The van der Waals surface area contributed by atoms with E-state index in [2.05, 4.69) is 55.7 Å². The Morgan fingerprint density at radius 3 is 2.69 bits per heavy atom. The molecule has 72 valence electrons. The molecule has 0 saturated heterocycles. The molecule has 0 aliphatic rings. The normalized spacial score (nSPS) is 13.3. The Balaban J connectivity index is 2.69. The van der Waals surface area contributed by atoms with E-state index in [9.17, 15) is 0 Å². The van der Waals surface area contributed by atoms with Crippen LogP contribution in [0, 0.1) is 5.92 Å². The van der Waals surface area contributed by atoms with Gasteiger partial charge in [0.1, 0.15) is 6.33 Å². The lowest BCUT2D eigenvalue weighted by Crippen LogP contribution is -2.12. The van der Waals surface area contributed by atoms with Gasteiger partial charge in [-0.15, -0.1) is 0 Å². The molecule has 1 heterocycles. The third-order valence-corrected chi connectivity index (χ3v) is 3.90. The molecule has 0 aliphatic heterocycles. The van der Waals surface area contributed by atoms with Crippen molar-refractivity contribution in [1.29, 1.82) is 0 Å². The van der Waals surface area contributed by atoms with Crippen molar-refractivity contribution in [2.75, 3.05) is 0 Å². The van der Waals surface area contributed by atoms with Crippen molar-refractivity contribution in [3.05, 3.63) is 22.7 Å². The molecule has 1 rings (SSSR count). The zero-order valence-electron chi connectivity index (χ0n) is 7.67. The number of hydrogen-bond acceptors (Lipinski definition) is 2. The highest BCUT2D eigenvalue weighted by Crippen LogP contribution is 2.20. The molecule has 0 N–H and O–H groups in total. The van der Waals surface area contributed by atoms with Crippen LogP contribution >= 0.6 is 31.9 Å². The fourth-order valence-corrected chi connectivity index (χ4v) is 1.60. The lowest BCUT2D eigenvalue weighted by molar-refractivity contribution is 0.606. The highest BCUT2D eigenvalue weighted by Gasteiger charge is 2.12. The lowest BCUT2D eigenvalue weighted by Gasteiger charge is -2.13. The second-order valence-corrected chi connectivity index (χ2v) is 5.31. The van der Waals surface area contributed by atoms with Crippen molar-refractivity contribution in [2.45, 2.75) is 25.1 Å². The van der Waals surface area contributed by atoms with E-state index in [1.165, 1.54) is 0 Å². The molecule has 0 bridgehead atoms. The molecule has 1 aromatic heterocycles. The second-order valence-electron chi connectivity index (χ2n) is 3.28. The van der Waals surface area contributed by atoms with Gasteiger partial charge in [0.25, 0.3) is 0 Å². The smallest absolute Gasteiger partial charge is 0.115 e. The standard InChI is InChI=1S/C9H12Br2N2/c1-6(2)7(10)3-9-8(11)4-12-5-13-9/h4-7H,3H2,1-2H3. The maximum absolute atomic E-state index is 4.21. The van der Waals surface area contributed by atoms with Crippen LogP contribution in [-0.4, -0.2) is 14.8 Å². The maximum Gasteiger partial charge on any atom is 0.115 e. The topological polar surface area (TPSA) is 25.8 Å². The van der Waals surface area contributed by atoms with Crippen LogP contribution in [0.4, 0.5) is 0 Å². The van der Waals surface area contributed by atoms with E-state index < -0.39 is 0 Å². The Kier molecular flexibility index (Phi) is 4.32. The molecule has 0 saturated carbocycles. The molecule has 0 aromatic carbocycles. The van der Waals surface area contributed by atoms with Gasteiger partial charge < -0.3 is 0 Å². The van der Waals surface area contributed by atoms with E-state index in [0.29, 0.717) is 10.7 Å². The summed E-state index contributed by atoms with van der Waals surface area (Å²) in [5.74, 6) is 0.613. The number of hydrogen-bond donors (Lipinski definition) is 0. The molecule has 1 unspecified atom stereocenters. The summed E-state index contributed by atoms with van der Waals surface area (Å²) in [4.78, 5) is 8.61. The molecule has 0 aliphatic carbocycles. The van der Waals surface area contributed by atoms with Crippen LogP contribution in [0.3, 0.4) is 0 Å². The predicted molar refractivity (Wildman–Crippen MR) is 61.0 cm³/mol. The number of nitrogens with zero attached hydrogens (tertiary/aromatic N) is 2. The fraction of sp³-hybridized carbons (Fsp3) is 0.556. The quantitative estimate of drug-likeness (QED) is 0.801. The van der Waals surface area contributed by atoms with Gasteiger partial charge in [-0.25, -0.2) is 9.97 Å². The van der Waals surface area contributed by atoms with Crippen molar-refractivity contribution < 1.29 is 0 Å². The Morgan fingerprint density at radius 1 is 1.46 bits per heavy atom. The number of aromatic nitrogens is 2. The number of halogens is 2. The van der Waals surface area contributed by atoms with Gasteiger partial charge in [0, 0.05) is 17.4 Å². The minimum atomic E-state index is 0.471. The second kappa shape index (κ2) is 5.05. The van der Waals surface area contributed by atoms with Crippen LogP contribution in [0.5, 0.6) is 0 Å². The third kappa shape index (κ3) is 3.35. The van der Waals surface area contributed by atoms with Crippen molar-refractivity contribution in [2.24, 2.45) is 5.92 Å². The summed E-state index contributed by atoms with van der Waals surface area (Å²) in [6, 6.07) is 0. The molecule has 0 fully saturated rings. The molecule has 1 atom stereocenters. The first-order valence-corrected chi connectivity index (χ1v) is 5.90. The maximum atomic E-state index is 4.21. The summed E-state index contributed by atoms with van der Waals surface area (Å²) in [7, 11) is 0. The first-order chi connectivity index (χ1) is 6.11. The molecule has 13 heavy (non-hydrogen) atoms. The largest absolute Gasteiger partial charge is 0.244 e. The van der Waals surface area contributed by atoms with Crippen LogP contribution in [0.1, 0.15) is 19.5 Å². The Hall–Kier alpha value is 0.0400. The van der Waals surface area contributed by atoms with Gasteiger partial charge in [0.05, 0.1) is 10.2 Å². The summed E-state index contributed by atoms with van der Waals surface area (Å²) in [6.07, 6.45) is 4.29. The van der Waals surface area contributed by atoms with Gasteiger partial charge in [0.2, 0.25) is 0 Å². The Bertz CT molecular complexity index is 276. The summed E-state index contributed by atoms with van der Waals surface area (Å²) in [6.45, 7) is 4.38. The molecule has 0 radical (unpaired) electrons. The minimum absolute atomic E-state index is 0.471. The highest BCUT2D eigenvalue weighted by atomic mass is 79.9. The third-order valence-electron chi connectivity index (χ3n) is 1.86. The van der Waals surface area contributed by atoms with E-state index in [1.54, 1.807) is 12.5 Å². The van der Waals surface area contributed by atoms with Gasteiger partial charge in [-0.05, 0) is 21.8 Å². The van der Waals surface area contributed by atoms with Crippen LogP contribution in [0.25, 0.3) is 0 Å². The average molecular weight is 308 g/mol. The van der Waals surface area contributed by atoms with Crippen LogP contribution in [0.2, 0.25) is 0 Å². The van der Waals surface area contributed by atoms with E-state index in [-0.39, 0.29) is 0 Å². The van der Waals surface area contributed by atoms with Crippen molar-refractivity contribution >= 4 is 31.9 Å². The summed E-state index contributed by atoms with van der Waals surface area (Å²) in [5.41, 5.74) is 1.06. The average Bonchev–Trinajstić information content (AvgIpc) is 2.08. The van der Waals surface area contributed by atoms with Crippen molar-refractivity contribution in [3.63, 3.8) is 0 Å².